The minimum Gasteiger partial charge on any atom is -0.383 e. The van der Waals surface area contributed by atoms with E-state index in [0.717, 1.165) is 36.7 Å². The molecule has 0 radical (unpaired) electrons. The second kappa shape index (κ2) is 6.37. The number of hydrogen-bond donors (Lipinski definition) is 2. The highest BCUT2D eigenvalue weighted by Crippen LogP contribution is 2.37. The van der Waals surface area contributed by atoms with Crippen LogP contribution in [0.5, 0.6) is 0 Å². The van der Waals surface area contributed by atoms with Crippen molar-refractivity contribution in [2.24, 2.45) is 13.0 Å². The van der Waals surface area contributed by atoms with Crippen molar-refractivity contribution in [2.45, 2.75) is 58.5 Å². The Morgan fingerprint density at radius 3 is 2.62 bits per heavy atom. The Hall–Kier alpha value is -1.72. The number of rotatable bonds is 7. The molecule has 6 heteroatoms. The third kappa shape index (κ3) is 3.14. The van der Waals surface area contributed by atoms with Crippen LogP contribution in [0.15, 0.2) is 9.59 Å². The van der Waals surface area contributed by atoms with Crippen molar-refractivity contribution < 1.29 is 0 Å². The molecule has 1 aromatic rings. The highest BCUT2D eigenvalue weighted by Gasteiger charge is 2.37. The van der Waals surface area contributed by atoms with E-state index in [1.54, 1.807) is 0 Å². The minimum atomic E-state index is -0.336. The maximum atomic E-state index is 12.3. The molecule has 0 spiro atoms. The second-order valence-corrected chi connectivity index (χ2v) is 5.95. The summed E-state index contributed by atoms with van der Waals surface area (Å²) in [6.45, 7) is 4.77. The van der Waals surface area contributed by atoms with Gasteiger partial charge >= 0.3 is 5.69 Å². The number of anilines is 2. The topological polar surface area (TPSA) is 82.0 Å². The number of nitrogens with one attached hydrogen (secondary N) is 1. The first-order valence-corrected chi connectivity index (χ1v) is 7.87. The van der Waals surface area contributed by atoms with Gasteiger partial charge in [0.1, 0.15) is 11.5 Å². The molecule has 0 aromatic carbocycles. The summed E-state index contributed by atoms with van der Waals surface area (Å²) in [5.74, 6) is 0.897. The Bertz CT molecular complexity index is 617. The van der Waals surface area contributed by atoms with E-state index in [1.165, 1.54) is 11.6 Å². The molecule has 6 nitrogen and oxygen atoms in total. The van der Waals surface area contributed by atoms with Gasteiger partial charge in [0.2, 0.25) is 0 Å². The molecular weight excluding hydrogens is 268 g/mol. The van der Waals surface area contributed by atoms with Crippen molar-refractivity contribution in [1.82, 2.24) is 9.13 Å². The summed E-state index contributed by atoms with van der Waals surface area (Å²) >= 11 is 0. The van der Waals surface area contributed by atoms with Crippen LogP contribution in [0.2, 0.25) is 0 Å². The first kappa shape index (κ1) is 15.7. The normalized spacial score (nSPS) is 20.5. The molecule has 1 aliphatic rings. The van der Waals surface area contributed by atoms with Gasteiger partial charge in [-0.3, -0.25) is 13.9 Å². The van der Waals surface area contributed by atoms with Crippen LogP contribution in [0.1, 0.15) is 46.0 Å². The lowest BCUT2D eigenvalue weighted by atomic mass is 10.2. The van der Waals surface area contributed by atoms with Gasteiger partial charge in [0.25, 0.3) is 5.56 Å². The number of nitrogen functional groups attached to an aromatic ring is 1. The molecule has 1 aliphatic carbocycles. The van der Waals surface area contributed by atoms with Gasteiger partial charge in [-0.25, -0.2) is 4.79 Å². The molecule has 1 saturated carbocycles. The van der Waals surface area contributed by atoms with E-state index in [-0.39, 0.29) is 17.1 Å². The minimum absolute atomic E-state index is 0.277. The van der Waals surface area contributed by atoms with Crippen LogP contribution in [0.4, 0.5) is 11.5 Å². The van der Waals surface area contributed by atoms with Gasteiger partial charge in [0.15, 0.2) is 0 Å². The summed E-state index contributed by atoms with van der Waals surface area (Å²) in [5, 5.41) is 3.25. The highest BCUT2D eigenvalue weighted by atomic mass is 16.2. The summed E-state index contributed by atoms with van der Waals surface area (Å²) in [6.07, 6.45) is 5.21. The average molecular weight is 294 g/mol. The van der Waals surface area contributed by atoms with E-state index in [9.17, 15) is 9.59 Å². The summed E-state index contributed by atoms with van der Waals surface area (Å²) < 4.78 is 2.65. The largest absolute Gasteiger partial charge is 0.383 e. The SMILES string of the molecule is CCCCn1c(N)c(NC2CC2CCC)c(=O)n(C)c1=O. The van der Waals surface area contributed by atoms with Gasteiger partial charge in [-0.05, 0) is 25.2 Å². The molecule has 2 unspecified atom stereocenters. The van der Waals surface area contributed by atoms with Gasteiger partial charge in [0, 0.05) is 19.6 Å². The Balaban J connectivity index is 2.30. The van der Waals surface area contributed by atoms with Crippen LogP contribution in [-0.2, 0) is 13.6 Å². The molecule has 21 heavy (non-hydrogen) atoms. The van der Waals surface area contributed by atoms with E-state index < -0.39 is 0 Å². The van der Waals surface area contributed by atoms with Gasteiger partial charge in [-0.15, -0.1) is 0 Å². The Labute approximate surface area is 125 Å². The van der Waals surface area contributed by atoms with Gasteiger partial charge in [-0.1, -0.05) is 26.7 Å². The molecule has 1 fully saturated rings. The highest BCUT2D eigenvalue weighted by molar-refractivity contribution is 5.61. The lowest BCUT2D eigenvalue weighted by Gasteiger charge is -2.16. The summed E-state index contributed by atoms with van der Waals surface area (Å²) in [7, 11) is 1.51. The Morgan fingerprint density at radius 2 is 2.00 bits per heavy atom. The quantitative estimate of drug-likeness (QED) is 0.799. The molecule has 0 bridgehead atoms. The van der Waals surface area contributed by atoms with Crippen molar-refractivity contribution in [3.8, 4) is 0 Å². The average Bonchev–Trinajstić information content (AvgIpc) is 3.20. The van der Waals surface area contributed by atoms with Crippen LogP contribution >= 0.6 is 0 Å². The van der Waals surface area contributed by atoms with Crippen LogP contribution in [0.25, 0.3) is 0 Å². The Morgan fingerprint density at radius 1 is 1.29 bits per heavy atom. The molecular formula is C15H26N4O2. The lowest BCUT2D eigenvalue weighted by molar-refractivity contribution is 0.575. The fraction of sp³-hybridized carbons (Fsp3) is 0.733. The van der Waals surface area contributed by atoms with Crippen molar-refractivity contribution in [1.29, 1.82) is 0 Å². The summed E-state index contributed by atoms with van der Waals surface area (Å²) in [5.41, 5.74) is 5.80. The monoisotopic (exact) mass is 294 g/mol. The molecule has 0 amide bonds. The first-order valence-electron chi connectivity index (χ1n) is 7.87. The van der Waals surface area contributed by atoms with E-state index >= 15 is 0 Å². The molecule has 118 valence electrons. The van der Waals surface area contributed by atoms with Crippen LogP contribution < -0.4 is 22.3 Å². The smallest absolute Gasteiger partial charge is 0.332 e. The summed E-state index contributed by atoms with van der Waals surface area (Å²) in [4.78, 5) is 24.4. The molecule has 2 atom stereocenters. The third-order valence-corrected chi connectivity index (χ3v) is 4.23. The number of hydrogen-bond acceptors (Lipinski definition) is 4. The lowest BCUT2D eigenvalue weighted by Crippen LogP contribution is -2.41. The Kier molecular flexibility index (Phi) is 4.75. The van der Waals surface area contributed by atoms with E-state index in [2.05, 4.69) is 19.2 Å². The first-order chi connectivity index (χ1) is 10.0. The maximum absolute atomic E-state index is 12.3. The van der Waals surface area contributed by atoms with E-state index in [1.807, 2.05) is 0 Å². The fourth-order valence-electron chi connectivity index (χ4n) is 2.75. The predicted octanol–water partition coefficient (Wildman–Crippen LogP) is 1.53. The zero-order valence-corrected chi connectivity index (χ0v) is 13.2. The predicted molar refractivity (Wildman–Crippen MR) is 85.7 cm³/mol. The maximum Gasteiger partial charge on any atom is 0.332 e. The van der Waals surface area contributed by atoms with Crippen molar-refractivity contribution in [2.75, 3.05) is 11.1 Å². The van der Waals surface area contributed by atoms with Crippen molar-refractivity contribution >= 4 is 11.5 Å². The number of unbranched alkanes of at least 4 members (excludes halogenated alkanes) is 1. The van der Waals surface area contributed by atoms with Gasteiger partial charge in [0.05, 0.1) is 0 Å². The van der Waals surface area contributed by atoms with Crippen LogP contribution in [0.3, 0.4) is 0 Å². The number of aromatic nitrogens is 2. The molecule has 0 aliphatic heterocycles. The van der Waals surface area contributed by atoms with E-state index in [4.69, 9.17) is 5.73 Å². The zero-order valence-electron chi connectivity index (χ0n) is 13.2. The third-order valence-electron chi connectivity index (χ3n) is 4.23. The standard InChI is InChI=1S/C15H26N4O2/c1-4-6-8-19-13(16)12(14(20)18(3)15(19)21)17-11-9-10(11)7-5-2/h10-11,17H,4-9,16H2,1-3H3. The molecule has 1 aromatic heterocycles. The second-order valence-electron chi connectivity index (χ2n) is 5.95. The summed E-state index contributed by atoms with van der Waals surface area (Å²) in [6, 6.07) is 0.317. The molecule has 0 saturated heterocycles. The van der Waals surface area contributed by atoms with Crippen LogP contribution in [-0.4, -0.2) is 15.2 Å². The van der Waals surface area contributed by atoms with Gasteiger partial charge < -0.3 is 11.1 Å². The fourth-order valence-corrected chi connectivity index (χ4v) is 2.75. The van der Waals surface area contributed by atoms with Crippen molar-refractivity contribution in [3.05, 3.63) is 20.8 Å². The zero-order chi connectivity index (χ0) is 15.6. The van der Waals surface area contributed by atoms with Crippen molar-refractivity contribution in [3.63, 3.8) is 0 Å². The molecule has 2 rings (SSSR count). The number of nitrogens with zero attached hydrogens (tertiary/aromatic N) is 2. The van der Waals surface area contributed by atoms with Crippen LogP contribution in [0, 0.1) is 5.92 Å². The number of nitrogens with two attached hydrogens (primary N) is 1. The molecule has 1 heterocycles. The molecule has 3 N–H and O–H groups in total. The van der Waals surface area contributed by atoms with E-state index in [0.29, 0.717) is 24.2 Å². The van der Waals surface area contributed by atoms with Gasteiger partial charge in [-0.2, -0.15) is 0 Å².